The number of likely N-dealkylation sites (N-methyl/N-ethyl adjacent to an activating group) is 7. The standard InChI is InChI=1S/C71H105ClF6N12O12/c1-44(2)36-53-61(95)80-51(40-70(73,74)75)63(97)84(5)42-58(93)82(3)43-59(94)86(7)54(38-45-22-13-10-14-23-45)65(99)83(4)41-56(91)79-50(30-28-46-27-29-48(49(72)37-46)71(76,77)78)64(98)90-35-21-26-52(90)62(96)81-69(31-17-18-32-69)68(102)88(9)60(47-24-15-11-16-25-47)67(101)87(8)55(39-57(92)85(53)6)66(100)89-33-19-12-20-34-89/h27,29,37,44-45,47,50-55,60H,10-26,28,30-36,38-43H2,1-9H3,(H,79,91)(H,80,95)(H,81,96)/t50-,51-,52-,53-,54-,55-,60-/m0/s1. The van der Waals surface area contributed by atoms with Gasteiger partial charge in [0.15, 0.2) is 0 Å². The molecule has 0 radical (unpaired) electrons. The Balaban J connectivity index is 1.29. The monoisotopic (exact) mass is 1470 g/mol. The van der Waals surface area contributed by atoms with E-state index in [-0.39, 0.29) is 76.1 Å². The second kappa shape index (κ2) is 36.0. The number of carbonyl (C=O) groups is 12. The van der Waals surface area contributed by atoms with Crippen LogP contribution in [0.1, 0.15) is 179 Å². The summed E-state index contributed by atoms with van der Waals surface area (Å²) >= 11 is 6.14. The zero-order valence-electron chi connectivity index (χ0n) is 60.5. The Bertz CT molecular complexity index is 3190. The fraction of sp³-hybridized carbons (Fsp3) is 0.746. The molecule has 1 spiro atoms. The van der Waals surface area contributed by atoms with Gasteiger partial charge < -0.3 is 60.0 Å². The van der Waals surface area contributed by atoms with Gasteiger partial charge in [-0.25, -0.2) is 0 Å². The topological polar surface area (TPSA) is 270 Å². The lowest BCUT2D eigenvalue weighted by Crippen LogP contribution is -2.65. The lowest BCUT2D eigenvalue weighted by atomic mass is 9.81. The van der Waals surface area contributed by atoms with Crippen LogP contribution in [0.2, 0.25) is 5.02 Å². The van der Waals surface area contributed by atoms with E-state index in [0.29, 0.717) is 75.5 Å². The van der Waals surface area contributed by atoms with Crippen LogP contribution < -0.4 is 16.0 Å². The summed E-state index contributed by atoms with van der Waals surface area (Å²) in [7, 11) is 8.91. The highest BCUT2D eigenvalue weighted by molar-refractivity contribution is 6.31. The number of amides is 12. The number of piperidine rings is 1. The summed E-state index contributed by atoms with van der Waals surface area (Å²) in [5, 5.41) is 7.35. The number of hydrogen-bond donors (Lipinski definition) is 3. The third-order valence-corrected chi connectivity index (χ3v) is 21.9. The fourth-order valence-electron chi connectivity index (χ4n) is 15.6. The quantitative estimate of drug-likeness (QED) is 0.217. The Hall–Kier alpha value is -7.27. The maximum atomic E-state index is 15.8. The number of rotatable bonds is 10. The number of alkyl halides is 6. The van der Waals surface area contributed by atoms with E-state index in [4.69, 9.17) is 11.6 Å². The molecule has 3 heterocycles. The number of nitrogens with zero attached hydrogens (tertiary/aromatic N) is 9. The zero-order chi connectivity index (χ0) is 75.3. The van der Waals surface area contributed by atoms with Crippen LogP contribution in [-0.4, -0.2) is 258 Å². The first kappa shape index (κ1) is 82.0. The number of carbonyl (C=O) groups excluding carboxylic acids is 12. The predicted octanol–water partition coefficient (Wildman–Crippen LogP) is 6.33. The van der Waals surface area contributed by atoms with Gasteiger partial charge in [-0.15, -0.1) is 0 Å². The van der Waals surface area contributed by atoms with Gasteiger partial charge in [-0.1, -0.05) is 95.7 Å². The number of hydrogen-bond acceptors (Lipinski definition) is 12. The molecule has 6 fully saturated rings. The average Bonchev–Trinajstić information content (AvgIpc) is 1.47. The van der Waals surface area contributed by atoms with Crippen LogP contribution >= 0.6 is 11.6 Å². The van der Waals surface area contributed by atoms with Crippen molar-refractivity contribution in [2.24, 2.45) is 17.8 Å². The van der Waals surface area contributed by atoms with Gasteiger partial charge in [-0.05, 0) is 119 Å². The normalized spacial score (nSPS) is 26.5. The van der Waals surface area contributed by atoms with Crippen molar-refractivity contribution in [3.05, 3.63) is 34.3 Å². The number of nitrogens with one attached hydrogen (secondary N) is 3. The molecular formula is C71H105ClF6N12O12. The van der Waals surface area contributed by atoms with Crippen molar-refractivity contribution in [2.45, 2.75) is 235 Å². The molecule has 12 amide bonds. The highest BCUT2D eigenvalue weighted by Crippen LogP contribution is 2.39. The van der Waals surface area contributed by atoms with Crippen molar-refractivity contribution >= 4 is 82.5 Å². The Morgan fingerprint density at radius 1 is 0.588 bits per heavy atom. The highest BCUT2D eigenvalue weighted by Gasteiger charge is 2.52. The van der Waals surface area contributed by atoms with Crippen molar-refractivity contribution in [2.75, 3.05) is 88.6 Å². The van der Waals surface area contributed by atoms with E-state index in [2.05, 4.69) is 16.0 Å². The molecule has 7 atom stereocenters. The molecule has 1 aromatic rings. The van der Waals surface area contributed by atoms with Crippen LogP contribution in [0.15, 0.2) is 18.2 Å². The first-order valence-electron chi connectivity index (χ1n) is 36.2. The number of aryl methyl sites for hydroxylation is 1. The first-order chi connectivity index (χ1) is 47.9. The maximum Gasteiger partial charge on any atom is 0.417 e. The van der Waals surface area contributed by atoms with E-state index < -0.39 is 186 Å². The van der Waals surface area contributed by atoms with E-state index in [1.165, 1.54) is 63.1 Å². The van der Waals surface area contributed by atoms with Crippen molar-refractivity contribution in [3.8, 4) is 0 Å². The molecule has 24 nitrogen and oxygen atoms in total. The third-order valence-electron chi connectivity index (χ3n) is 21.6. The molecule has 6 aliphatic rings. The van der Waals surface area contributed by atoms with Gasteiger partial charge in [0.25, 0.3) is 0 Å². The molecule has 3 aliphatic carbocycles. The Morgan fingerprint density at radius 3 is 1.77 bits per heavy atom. The number of halogens is 7. The minimum Gasteiger partial charge on any atom is -0.343 e. The van der Waals surface area contributed by atoms with Gasteiger partial charge in [-0.3, -0.25) is 57.5 Å². The van der Waals surface area contributed by atoms with Gasteiger partial charge in [0.2, 0.25) is 70.9 Å². The maximum absolute atomic E-state index is 15.8. The molecule has 3 aliphatic heterocycles. The highest BCUT2D eigenvalue weighted by atomic mass is 35.5. The average molecular weight is 1470 g/mol. The first-order valence-corrected chi connectivity index (χ1v) is 36.5. The SMILES string of the molecule is CC(C)C[C@H]1C(=O)N[C@@H](CC(F)(F)F)C(=O)N(C)CC(=O)N(C)CC(=O)N(C)[C@@H](CC2CCCCC2)C(=O)N(C)CC(=O)N[C@@H](CCc2ccc(C(F)(F)F)c(Cl)c2)C(=O)N2CCC[C@H]2C(=O)NC2(CCCC2)C(=O)N(C)[C@@H](C2CCCCC2)C(=O)N(C)[C@H](C(=O)N2CCCCC2)CC(=O)N1C. The molecule has 7 rings (SSSR count). The minimum atomic E-state index is -5.08. The summed E-state index contributed by atoms with van der Waals surface area (Å²) in [5.41, 5.74) is -2.47. The molecule has 570 valence electrons. The van der Waals surface area contributed by atoms with E-state index in [0.717, 1.165) is 75.8 Å². The van der Waals surface area contributed by atoms with Gasteiger partial charge in [0.1, 0.15) is 47.8 Å². The van der Waals surface area contributed by atoms with Crippen LogP contribution in [0.4, 0.5) is 26.3 Å². The summed E-state index contributed by atoms with van der Waals surface area (Å²) in [5.74, 6) is -11.0. The van der Waals surface area contributed by atoms with Gasteiger partial charge >= 0.3 is 12.4 Å². The molecule has 1 aromatic carbocycles. The van der Waals surface area contributed by atoms with Gasteiger partial charge in [0.05, 0.1) is 43.1 Å². The number of likely N-dealkylation sites (tertiary alicyclic amines) is 1. The summed E-state index contributed by atoms with van der Waals surface area (Å²) in [6, 6.07) is -7.59. The number of benzene rings is 1. The predicted molar refractivity (Wildman–Crippen MR) is 365 cm³/mol. The Morgan fingerprint density at radius 2 is 1.18 bits per heavy atom. The molecule has 3 saturated heterocycles. The molecule has 3 saturated carbocycles. The largest absolute Gasteiger partial charge is 0.417 e. The molecular weight excluding hydrogens is 1360 g/mol. The smallest absolute Gasteiger partial charge is 0.343 e. The van der Waals surface area contributed by atoms with Crippen molar-refractivity contribution in [1.29, 1.82) is 0 Å². The lowest BCUT2D eigenvalue weighted by molar-refractivity contribution is -0.158. The van der Waals surface area contributed by atoms with Gasteiger partial charge in [0, 0.05) is 69.0 Å². The summed E-state index contributed by atoms with van der Waals surface area (Å²) in [4.78, 5) is 188. The van der Waals surface area contributed by atoms with Crippen molar-refractivity contribution in [3.63, 3.8) is 0 Å². The fourth-order valence-corrected chi connectivity index (χ4v) is 16.0. The van der Waals surface area contributed by atoms with Crippen molar-refractivity contribution < 1.29 is 83.9 Å². The van der Waals surface area contributed by atoms with E-state index >= 15 is 24.0 Å². The summed E-state index contributed by atoms with van der Waals surface area (Å²) < 4.78 is 85.3. The summed E-state index contributed by atoms with van der Waals surface area (Å²) in [6.45, 7) is 1.65. The van der Waals surface area contributed by atoms with Crippen molar-refractivity contribution in [1.82, 2.24) is 60.0 Å². The number of fused-ring (bicyclic) bond motifs is 1. The van der Waals surface area contributed by atoms with Crippen LogP contribution in [0.5, 0.6) is 0 Å². The van der Waals surface area contributed by atoms with Crippen LogP contribution in [-0.2, 0) is 70.1 Å². The van der Waals surface area contributed by atoms with Gasteiger partial charge in [-0.2, -0.15) is 26.3 Å². The second-order valence-corrected chi connectivity index (χ2v) is 30.1. The lowest BCUT2D eigenvalue weighted by Gasteiger charge is -2.43. The second-order valence-electron chi connectivity index (χ2n) is 29.7. The molecule has 0 bridgehead atoms. The molecule has 3 N–H and O–H groups in total. The Labute approximate surface area is 599 Å². The molecule has 102 heavy (non-hydrogen) atoms. The van der Waals surface area contributed by atoms with Crippen LogP contribution in [0.25, 0.3) is 0 Å². The van der Waals surface area contributed by atoms with Crippen LogP contribution in [0, 0.1) is 17.8 Å². The molecule has 0 unspecified atom stereocenters. The van der Waals surface area contributed by atoms with Crippen LogP contribution in [0.3, 0.4) is 0 Å². The van der Waals surface area contributed by atoms with E-state index in [1.807, 2.05) is 0 Å². The zero-order valence-corrected chi connectivity index (χ0v) is 61.3. The van der Waals surface area contributed by atoms with E-state index in [9.17, 15) is 59.9 Å². The Kier molecular flexibility index (Phi) is 28.9. The molecule has 0 aromatic heterocycles. The summed E-state index contributed by atoms with van der Waals surface area (Å²) in [6.07, 6.45) is -2.12. The third kappa shape index (κ3) is 21.2. The molecule has 31 heteroatoms. The minimum absolute atomic E-state index is 0.00165. The van der Waals surface area contributed by atoms with E-state index in [1.54, 1.807) is 13.8 Å².